The molecule has 5 heteroatoms. The van der Waals surface area contributed by atoms with Crippen LogP contribution in [0, 0.1) is 10.8 Å². The molecule has 2 amide bonds. The number of fused-ring (bicyclic) bond motifs is 3. The number of carbonyl (C=O) groups is 3. The van der Waals surface area contributed by atoms with Gasteiger partial charge in [-0.25, -0.2) is 0 Å². The zero-order chi connectivity index (χ0) is 17.4. The molecule has 3 aliphatic rings. The summed E-state index contributed by atoms with van der Waals surface area (Å²) >= 11 is 0. The molecule has 2 aromatic carbocycles. The third-order valence-corrected chi connectivity index (χ3v) is 5.96. The third-order valence-electron chi connectivity index (χ3n) is 5.96. The Balaban J connectivity index is 1.59. The lowest BCUT2D eigenvalue weighted by Gasteiger charge is -2.25. The van der Waals surface area contributed by atoms with Gasteiger partial charge in [-0.2, -0.15) is 0 Å². The molecule has 0 radical (unpaired) electrons. The highest BCUT2D eigenvalue weighted by atomic mass is 16.5. The number of hydrogen-bond acceptors (Lipinski definition) is 4. The van der Waals surface area contributed by atoms with Crippen molar-refractivity contribution in [2.75, 3.05) is 0 Å². The SMILES string of the molecule is C[C@@]12C(=O)N(Cc3ccccc3)C(=O)[C@@]13C(=O)Oc1ccccc1[C@H]32. The highest BCUT2D eigenvalue weighted by molar-refractivity contribution is 6.26. The van der Waals surface area contributed by atoms with Gasteiger partial charge in [-0.05, 0) is 18.6 Å². The van der Waals surface area contributed by atoms with Crippen LogP contribution in [0.15, 0.2) is 54.6 Å². The van der Waals surface area contributed by atoms with Gasteiger partial charge in [0.15, 0.2) is 5.41 Å². The summed E-state index contributed by atoms with van der Waals surface area (Å²) in [6.45, 7) is 1.89. The standard InChI is InChI=1S/C20H15NO4/c1-19-15-13-9-5-6-10-14(13)25-18(24)20(15,19)17(23)21(16(19)22)11-12-7-3-2-4-8-12/h2-10,15H,11H2,1H3/t15-,19+,20-/m0/s1. The van der Waals surface area contributed by atoms with Crippen molar-refractivity contribution < 1.29 is 19.1 Å². The number of carbonyl (C=O) groups excluding carboxylic acids is 3. The average Bonchev–Trinajstić information content (AvgIpc) is 3.18. The number of imide groups is 1. The van der Waals surface area contributed by atoms with Gasteiger partial charge in [0.2, 0.25) is 11.8 Å². The Kier molecular flexibility index (Phi) is 2.51. The van der Waals surface area contributed by atoms with E-state index in [1.165, 1.54) is 4.90 Å². The van der Waals surface area contributed by atoms with E-state index in [1.807, 2.05) is 42.5 Å². The minimum atomic E-state index is -1.40. The average molecular weight is 333 g/mol. The van der Waals surface area contributed by atoms with Crippen LogP contribution in [0.1, 0.15) is 24.0 Å². The Hall–Kier alpha value is -2.95. The van der Waals surface area contributed by atoms with E-state index in [9.17, 15) is 14.4 Å². The van der Waals surface area contributed by atoms with Crippen LogP contribution in [0.3, 0.4) is 0 Å². The first-order chi connectivity index (χ1) is 12.0. The second-order valence-corrected chi connectivity index (χ2v) is 7.05. The highest BCUT2D eigenvalue weighted by Gasteiger charge is 2.93. The van der Waals surface area contributed by atoms with Crippen molar-refractivity contribution in [3.05, 3.63) is 65.7 Å². The molecule has 1 saturated carbocycles. The van der Waals surface area contributed by atoms with Gasteiger partial charge in [-0.15, -0.1) is 0 Å². The lowest BCUT2D eigenvalue weighted by atomic mass is 9.94. The Morgan fingerprint density at radius 2 is 1.64 bits per heavy atom. The number of nitrogens with zero attached hydrogens (tertiary/aromatic N) is 1. The minimum Gasteiger partial charge on any atom is -0.425 e. The van der Waals surface area contributed by atoms with Gasteiger partial charge in [0.25, 0.3) is 0 Å². The molecule has 1 spiro atoms. The number of amides is 2. The van der Waals surface area contributed by atoms with Crippen LogP contribution in [0.2, 0.25) is 0 Å². The van der Waals surface area contributed by atoms with E-state index < -0.39 is 28.6 Å². The third kappa shape index (κ3) is 1.43. The summed E-state index contributed by atoms with van der Waals surface area (Å²) in [6.07, 6.45) is 0. The Morgan fingerprint density at radius 3 is 2.40 bits per heavy atom. The van der Waals surface area contributed by atoms with E-state index in [-0.39, 0.29) is 12.5 Å². The van der Waals surface area contributed by atoms with Crippen molar-refractivity contribution in [1.82, 2.24) is 4.90 Å². The van der Waals surface area contributed by atoms with Crippen LogP contribution >= 0.6 is 0 Å². The second-order valence-electron chi connectivity index (χ2n) is 7.05. The molecule has 5 nitrogen and oxygen atoms in total. The zero-order valence-electron chi connectivity index (χ0n) is 13.6. The summed E-state index contributed by atoms with van der Waals surface area (Å²) in [5.41, 5.74) is -0.826. The maximum Gasteiger partial charge on any atom is 0.328 e. The number of rotatable bonds is 2. The van der Waals surface area contributed by atoms with Gasteiger partial charge in [-0.3, -0.25) is 19.3 Å². The molecule has 0 N–H and O–H groups in total. The van der Waals surface area contributed by atoms with E-state index in [2.05, 4.69) is 0 Å². The second kappa shape index (κ2) is 4.36. The summed E-state index contributed by atoms with van der Waals surface area (Å²) < 4.78 is 5.43. The van der Waals surface area contributed by atoms with Crippen molar-refractivity contribution in [2.45, 2.75) is 19.4 Å². The van der Waals surface area contributed by atoms with E-state index in [4.69, 9.17) is 4.74 Å². The summed E-state index contributed by atoms with van der Waals surface area (Å²) in [6, 6.07) is 16.4. The van der Waals surface area contributed by atoms with Crippen LogP contribution in [0.25, 0.3) is 0 Å². The molecule has 1 saturated heterocycles. The van der Waals surface area contributed by atoms with Gasteiger partial charge < -0.3 is 4.74 Å². The van der Waals surface area contributed by atoms with Crippen molar-refractivity contribution >= 4 is 17.8 Å². The molecular weight excluding hydrogens is 318 g/mol. The molecule has 0 aromatic heterocycles. The maximum atomic E-state index is 13.1. The normalized spacial score (nSPS) is 32.0. The molecule has 0 bridgehead atoms. The molecule has 2 aliphatic heterocycles. The molecule has 2 heterocycles. The largest absolute Gasteiger partial charge is 0.425 e. The van der Waals surface area contributed by atoms with E-state index in [1.54, 1.807) is 19.1 Å². The molecule has 1 aliphatic carbocycles. The van der Waals surface area contributed by atoms with Crippen molar-refractivity contribution in [2.24, 2.45) is 10.8 Å². The molecule has 2 fully saturated rings. The maximum absolute atomic E-state index is 13.1. The fraction of sp³-hybridized carbons (Fsp3) is 0.250. The van der Waals surface area contributed by atoms with Crippen LogP contribution in [0.4, 0.5) is 0 Å². The molecule has 3 atom stereocenters. The van der Waals surface area contributed by atoms with E-state index in [0.29, 0.717) is 5.75 Å². The first kappa shape index (κ1) is 14.4. The fourth-order valence-electron chi connectivity index (χ4n) is 4.71. The molecule has 124 valence electrons. The first-order valence-electron chi connectivity index (χ1n) is 8.24. The number of para-hydroxylation sites is 1. The van der Waals surface area contributed by atoms with Gasteiger partial charge in [0, 0.05) is 11.5 Å². The number of ether oxygens (including phenoxy) is 1. The van der Waals surface area contributed by atoms with Gasteiger partial charge in [0.05, 0.1) is 12.0 Å². The predicted molar refractivity (Wildman–Crippen MR) is 87.4 cm³/mol. The molecular formula is C20H15NO4. The smallest absolute Gasteiger partial charge is 0.328 e. The number of esters is 1. The number of likely N-dealkylation sites (tertiary alicyclic amines) is 1. The van der Waals surface area contributed by atoms with Crippen LogP contribution < -0.4 is 4.74 Å². The molecule has 0 unspecified atom stereocenters. The zero-order valence-corrected chi connectivity index (χ0v) is 13.6. The lowest BCUT2D eigenvalue weighted by Crippen LogP contribution is -2.41. The minimum absolute atomic E-state index is 0.178. The van der Waals surface area contributed by atoms with Gasteiger partial charge in [0.1, 0.15) is 5.75 Å². The summed E-state index contributed by atoms with van der Waals surface area (Å²) in [4.78, 5) is 40.2. The van der Waals surface area contributed by atoms with E-state index in [0.717, 1.165) is 11.1 Å². The molecule has 5 rings (SSSR count). The highest BCUT2D eigenvalue weighted by Crippen LogP contribution is 2.81. The Morgan fingerprint density at radius 1 is 0.960 bits per heavy atom. The lowest BCUT2D eigenvalue weighted by molar-refractivity contribution is -0.151. The van der Waals surface area contributed by atoms with Crippen LogP contribution in [0.5, 0.6) is 5.75 Å². The number of hydrogen-bond donors (Lipinski definition) is 0. The predicted octanol–water partition coefficient (Wildman–Crippen LogP) is 2.26. The Labute approximate surface area is 144 Å². The van der Waals surface area contributed by atoms with Gasteiger partial charge >= 0.3 is 5.97 Å². The molecule has 2 aromatic rings. The Bertz CT molecular complexity index is 953. The topological polar surface area (TPSA) is 63.7 Å². The van der Waals surface area contributed by atoms with Crippen molar-refractivity contribution in [1.29, 1.82) is 0 Å². The van der Waals surface area contributed by atoms with Crippen LogP contribution in [-0.4, -0.2) is 22.7 Å². The van der Waals surface area contributed by atoms with Crippen molar-refractivity contribution in [3.63, 3.8) is 0 Å². The monoisotopic (exact) mass is 333 g/mol. The first-order valence-corrected chi connectivity index (χ1v) is 8.24. The molecule has 25 heavy (non-hydrogen) atoms. The van der Waals surface area contributed by atoms with Gasteiger partial charge in [-0.1, -0.05) is 48.5 Å². The van der Waals surface area contributed by atoms with Crippen molar-refractivity contribution in [3.8, 4) is 5.75 Å². The quantitative estimate of drug-likeness (QED) is 0.366. The summed E-state index contributed by atoms with van der Waals surface area (Å²) in [7, 11) is 0. The summed E-state index contributed by atoms with van der Waals surface area (Å²) in [5.74, 6) is -1.31. The van der Waals surface area contributed by atoms with Crippen LogP contribution in [-0.2, 0) is 20.9 Å². The van der Waals surface area contributed by atoms with E-state index >= 15 is 0 Å². The summed E-state index contributed by atoms with van der Waals surface area (Å²) in [5, 5.41) is 0. The number of benzene rings is 2. The number of piperidine rings is 1. The fourth-order valence-corrected chi connectivity index (χ4v) is 4.71.